The standard InChI is InChI=1S/C19H21N3O3/c1-2-25-19(24)16-13-22(11-14-6-4-3-5-7-14)18(23)17(16)21-9-8-15(10-20)12-21/h3-9,12H,2,10-11,13,20H2,1H3. The first-order valence-corrected chi connectivity index (χ1v) is 8.24. The smallest absolute Gasteiger partial charge is 0.338 e. The fraction of sp³-hybridized carbons (Fsp3) is 0.263. The molecule has 0 unspecified atom stereocenters. The van der Waals surface area contributed by atoms with Crippen LogP contribution in [0.5, 0.6) is 0 Å². The number of rotatable bonds is 6. The second-order valence-corrected chi connectivity index (χ2v) is 5.83. The van der Waals surface area contributed by atoms with Gasteiger partial charge >= 0.3 is 5.97 Å². The summed E-state index contributed by atoms with van der Waals surface area (Å²) >= 11 is 0. The van der Waals surface area contributed by atoms with E-state index in [1.807, 2.05) is 36.4 Å². The number of hydrogen-bond donors (Lipinski definition) is 1. The predicted octanol–water partition coefficient (Wildman–Crippen LogP) is 1.76. The SMILES string of the molecule is CCOC(=O)C1=C(n2ccc(CN)c2)C(=O)N(Cc2ccccc2)C1. The molecule has 2 heterocycles. The van der Waals surface area contributed by atoms with E-state index < -0.39 is 5.97 Å². The van der Waals surface area contributed by atoms with E-state index in [0.717, 1.165) is 11.1 Å². The zero-order chi connectivity index (χ0) is 17.8. The van der Waals surface area contributed by atoms with Crippen molar-refractivity contribution in [2.75, 3.05) is 13.2 Å². The number of esters is 1. The first-order valence-electron chi connectivity index (χ1n) is 8.24. The minimum atomic E-state index is -0.454. The van der Waals surface area contributed by atoms with Gasteiger partial charge in [-0.1, -0.05) is 30.3 Å². The Kier molecular flexibility index (Phi) is 5.00. The van der Waals surface area contributed by atoms with Gasteiger partial charge < -0.3 is 19.9 Å². The van der Waals surface area contributed by atoms with Crippen molar-refractivity contribution < 1.29 is 14.3 Å². The van der Waals surface area contributed by atoms with Crippen LogP contribution >= 0.6 is 0 Å². The molecule has 130 valence electrons. The Labute approximate surface area is 146 Å². The molecular weight excluding hydrogens is 318 g/mol. The van der Waals surface area contributed by atoms with Crippen LogP contribution in [-0.4, -0.2) is 34.5 Å². The van der Waals surface area contributed by atoms with Crippen LogP contribution in [0.2, 0.25) is 0 Å². The maximum Gasteiger partial charge on any atom is 0.338 e. The Bertz CT molecular complexity index is 808. The minimum Gasteiger partial charge on any atom is -0.463 e. The number of nitrogens with zero attached hydrogens (tertiary/aromatic N) is 2. The Morgan fingerprint density at radius 3 is 2.60 bits per heavy atom. The number of aromatic nitrogens is 1. The number of amides is 1. The van der Waals surface area contributed by atoms with Crippen molar-refractivity contribution in [3.05, 3.63) is 65.5 Å². The summed E-state index contributed by atoms with van der Waals surface area (Å²) in [7, 11) is 0. The predicted molar refractivity (Wildman–Crippen MR) is 94.0 cm³/mol. The van der Waals surface area contributed by atoms with Crippen LogP contribution in [0.15, 0.2) is 54.4 Å². The van der Waals surface area contributed by atoms with E-state index in [9.17, 15) is 9.59 Å². The Balaban J connectivity index is 1.92. The number of hydrogen-bond acceptors (Lipinski definition) is 4. The molecule has 0 saturated heterocycles. The second kappa shape index (κ2) is 7.36. The highest BCUT2D eigenvalue weighted by atomic mass is 16.5. The molecule has 1 aromatic carbocycles. The summed E-state index contributed by atoms with van der Waals surface area (Å²) in [5, 5.41) is 0. The molecule has 0 bridgehead atoms. The average molecular weight is 339 g/mol. The molecule has 0 saturated carbocycles. The van der Waals surface area contributed by atoms with Crippen LogP contribution in [0.1, 0.15) is 18.1 Å². The zero-order valence-electron chi connectivity index (χ0n) is 14.1. The monoisotopic (exact) mass is 339 g/mol. The van der Waals surface area contributed by atoms with Crippen LogP contribution in [0.4, 0.5) is 0 Å². The third kappa shape index (κ3) is 3.49. The van der Waals surface area contributed by atoms with E-state index >= 15 is 0 Å². The van der Waals surface area contributed by atoms with E-state index in [2.05, 4.69) is 0 Å². The van der Waals surface area contributed by atoms with Gasteiger partial charge in [0.15, 0.2) is 0 Å². The van der Waals surface area contributed by atoms with Gasteiger partial charge in [0.2, 0.25) is 0 Å². The first kappa shape index (κ1) is 17.0. The highest BCUT2D eigenvalue weighted by molar-refractivity contribution is 6.23. The summed E-state index contributed by atoms with van der Waals surface area (Å²) in [6.45, 7) is 3.06. The number of nitrogens with two attached hydrogens (primary N) is 1. The van der Waals surface area contributed by atoms with E-state index in [0.29, 0.717) is 24.4 Å². The third-order valence-electron chi connectivity index (χ3n) is 4.11. The van der Waals surface area contributed by atoms with Gasteiger partial charge in [-0.2, -0.15) is 0 Å². The lowest BCUT2D eigenvalue weighted by atomic mass is 10.2. The number of carbonyl (C=O) groups is 2. The van der Waals surface area contributed by atoms with Gasteiger partial charge in [-0.25, -0.2) is 4.79 Å². The largest absolute Gasteiger partial charge is 0.463 e. The van der Waals surface area contributed by atoms with Crippen LogP contribution in [0, 0.1) is 0 Å². The molecular formula is C19H21N3O3. The zero-order valence-corrected chi connectivity index (χ0v) is 14.1. The van der Waals surface area contributed by atoms with Crippen molar-refractivity contribution in [1.29, 1.82) is 0 Å². The molecule has 0 radical (unpaired) electrons. The topological polar surface area (TPSA) is 77.6 Å². The summed E-state index contributed by atoms with van der Waals surface area (Å²) < 4.78 is 6.81. The molecule has 2 N–H and O–H groups in total. The summed E-state index contributed by atoms with van der Waals surface area (Å²) in [4.78, 5) is 26.9. The lowest BCUT2D eigenvalue weighted by Crippen LogP contribution is -2.27. The molecule has 25 heavy (non-hydrogen) atoms. The molecule has 1 amide bonds. The molecule has 0 aliphatic carbocycles. The van der Waals surface area contributed by atoms with E-state index in [4.69, 9.17) is 10.5 Å². The van der Waals surface area contributed by atoms with E-state index in [-0.39, 0.29) is 19.1 Å². The van der Waals surface area contributed by atoms with Gasteiger partial charge in [0.05, 0.1) is 18.7 Å². The first-order chi connectivity index (χ1) is 12.1. The van der Waals surface area contributed by atoms with Crippen LogP contribution in [0.25, 0.3) is 5.70 Å². The summed E-state index contributed by atoms with van der Waals surface area (Å²) in [5.74, 6) is -0.643. The van der Waals surface area contributed by atoms with Crippen molar-refractivity contribution in [3.8, 4) is 0 Å². The number of ether oxygens (including phenoxy) is 1. The molecule has 6 heteroatoms. The third-order valence-corrected chi connectivity index (χ3v) is 4.11. The molecule has 1 aliphatic heterocycles. The van der Waals surface area contributed by atoms with Crippen molar-refractivity contribution in [2.24, 2.45) is 5.73 Å². The van der Waals surface area contributed by atoms with Crippen LogP contribution in [-0.2, 0) is 27.4 Å². The number of benzene rings is 1. The molecule has 2 aromatic rings. The maximum atomic E-state index is 12.9. The lowest BCUT2D eigenvalue weighted by Gasteiger charge is -2.16. The van der Waals surface area contributed by atoms with Crippen molar-refractivity contribution in [1.82, 2.24) is 9.47 Å². The molecule has 1 aliphatic rings. The fourth-order valence-corrected chi connectivity index (χ4v) is 2.89. The van der Waals surface area contributed by atoms with Crippen molar-refractivity contribution >= 4 is 17.6 Å². The van der Waals surface area contributed by atoms with Crippen LogP contribution < -0.4 is 5.73 Å². The highest BCUT2D eigenvalue weighted by Crippen LogP contribution is 2.26. The minimum absolute atomic E-state index is 0.189. The maximum absolute atomic E-state index is 12.9. The summed E-state index contributed by atoms with van der Waals surface area (Å²) in [5.41, 5.74) is 8.27. The van der Waals surface area contributed by atoms with Crippen molar-refractivity contribution in [3.63, 3.8) is 0 Å². The average Bonchev–Trinajstić information content (AvgIpc) is 3.21. The van der Waals surface area contributed by atoms with Crippen LogP contribution in [0.3, 0.4) is 0 Å². The Morgan fingerprint density at radius 2 is 1.96 bits per heavy atom. The molecule has 3 rings (SSSR count). The molecule has 6 nitrogen and oxygen atoms in total. The van der Waals surface area contributed by atoms with Gasteiger partial charge in [-0.15, -0.1) is 0 Å². The fourth-order valence-electron chi connectivity index (χ4n) is 2.89. The van der Waals surface area contributed by atoms with Gasteiger partial charge in [0.1, 0.15) is 5.70 Å². The molecule has 1 aromatic heterocycles. The highest BCUT2D eigenvalue weighted by Gasteiger charge is 2.35. The lowest BCUT2D eigenvalue weighted by molar-refractivity contribution is -0.138. The normalized spacial score (nSPS) is 14.3. The quantitative estimate of drug-likeness (QED) is 0.814. The van der Waals surface area contributed by atoms with Gasteiger partial charge in [0, 0.05) is 25.5 Å². The number of carbonyl (C=O) groups excluding carboxylic acids is 2. The van der Waals surface area contributed by atoms with Gasteiger partial charge in [-0.3, -0.25) is 4.79 Å². The van der Waals surface area contributed by atoms with E-state index in [1.54, 1.807) is 28.8 Å². The van der Waals surface area contributed by atoms with Gasteiger partial charge in [0.25, 0.3) is 5.91 Å². The van der Waals surface area contributed by atoms with Gasteiger partial charge in [-0.05, 0) is 24.1 Å². The molecule has 0 atom stereocenters. The second-order valence-electron chi connectivity index (χ2n) is 5.83. The van der Waals surface area contributed by atoms with Crippen molar-refractivity contribution in [2.45, 2.75) is 20.0 Å². The van der Waals surface area contributed by atoms with E-state index in [1.165, 1.54) is 0 Å². The Hall–Kier alpha value is -2.86. The Morgan fingerprint density at radius 1 is 1.20 bits per heavy atom. The molecule has 0 fully saturated rings. The summed E-state index contributed by atoms with van der Waals surface area (Å²) in [6.07, 6.45) is 3.53. The molecule has 0 spiro atoms. The summed E-state index contributed by atoms with van der Waals surface area (Å²) in [6, 6.07) is 11.5.